The average Bonchev–Trinajstić information content (AvgIpc) is 3.43. The predicted molar refractivity (Wildman–Crippen MR) is 140 cm³/mol. The van der Waals surface area contributed by atoms with Crippen LogP contribution >= 0.6 is 23.2 Å². The summed E-state index contributed by atoms with van der Waals surface area (Å²) in [5.41, 5.74) is 3.32. The van der Waals surface area contributed by atoms with E-state index >= 15 is 0 Å². The Morgan fingerprint density at radius 1 is 1.14 bits per heavy atom. The molecular formula is C25H27Cl2N7O. The summed E-state index contributed by atoms with van der Waals surface area (Å²) in [4.78, 5) is 16.1. The van der Waals surface area contributed by atoms with Gasteiger partial charge in [0.15, 0.2) is 17.0 Å². The van der Waals surface area contributed by atoms with Crippen LogP contribution in [0.2, 0.25) is 10.2 Å². The zero-order chi connectivity index (χ0) is 24.6. The number of hydrogen-bond donors (Lipinski definition) is 1. The topological polar surface area (TPSA) is 81.0 Å². The molecule has 0 aliphatic carbocycles. The van der Waals surface area contributed by atoms with Crippen molar-refractivity contribution >= 4 is 51.7 Å². The Hall–Kier alpha value is -3.10. The Labute approximate surface area is 214 Å². The smallest absolute Gasteiger partial charge is 0.181 e. The number of nitrogens with zero attached hydrogens (tertiary/aromatic N) is 6. The fourth-order valence-corrected chi connectivity index (χ4v) is 4.65. The van der Waals surface area contributed by atoms with Crippen molar-refractivity contribution in [2.45, 2.75) is 33.2 Å². The number of hydrogen-bond acceptors (Lipinski definition) is 7. The standard InChI is InChI=1S/C25H27Cl2N7O/c1-4-25(2)10-12-33(15-25)19-13-29-21-23(30-18-9-11-28-22(27)20(18)26)32-34(24(21)31-19)14-16-5-7-17(35-3)8-6-16/h5-9,11,13H,4,10,12,14-15H2,1-3H3,(H,28,30,32). The second kappa shape index (κ2) is 9.51. The van der Waals surface area contributed by atoms with E-state index in [1.807, 2.05) is 35.1 Å². The molecule has 1 atom stereocenters. The summed E-state index contributed by atoms with van der Waals surface area (Å²) >= 11 is 12.5. The highest BCUT2D eigenvalue weighted by molar-refractivity contribution is 6.43. The summed E-state index contributed by atoms with van der Waals surface area (Å²) in [7, 11) is 1.66. The van der Waals surface area contributed by atoms with E-state index in [0.717, 1.165) is 43.1 Å². The monoisotopic (exact) mass is 511 g/mol. The number of ether oxygens (including phenoxy) is 1. The zero-order valence-electron chi connectivity index (χ0n) is 19.9. The molecule has 0 spiro atoms. The molecule has 1 fully saturated rings. The number of halogens is 2. The molecule has 0 amide bonds. The molecular weight excluding hydrogens is 485 g/mol. The van der Waals surface area contributed by atoms with Crippen LogP contribution in [0.1, 0.15) is 32.3 Å². The molecule has 182 valence electrons. The predicted octanol–water partition coefficient (Wildman–Crippen LogP) is 5.96. The van der Waals surface area contributed by atoms with Crippen molar-refractivity contribution in [2.24, 2.45) is 5.41 Å². The normalized spacial score (nSPS) is 17.8. The van der Waals surface area contributed by atoms with E-state index < -0.39 is 0 Å². The Balaban J connectivity index is 1.54. The molecule has 4 aromatic rings. The van der Waals surface area contributed by atoms with Crippen LogP contribution in [-0.4, -0.2) is 44.9 Å². The van der Waals surface area contributed by atoms with Gasteiger partial charge in [0.1, 0.15) is 21.7 Å². The molecule has 35 heavy (non-hydrogen) atoms. The second-order valence-corrected chi connectivity index (χ2v) is 9.91. The minimum atomic E-state index is 0.222. The van der Waals surface area contributed by atoms with E-state index in [1.165, 1.54) is 0 Å². The van der Waals surface area contributed by atoms with Crippen molar-refractivity contribution in [2.75, 3.05) is 30.4 Å². The molecule has 1 aromatic carbocycles. The van der Waals surface area contributed by atoms with Gasteiger partial charge in [-0.1, -0.05) is 49.2 Å². The Kier molecular flexibility index (Phi) is 6.42. The lowest BCUT2D eigenvalue weighted by Crippen LogP contribution is -2.25. The number of benzene rings is 1. The average molecular weight is 512 g/mol. The molecule has 0 saturated carbocycles. The molecule has 3 aromatic heterocycles. The molecule has 4 heterocycles. The number of aromatic nitrogens is 5. The number of rotatable bonds is 7. The summed E-state index contributed by atoms with van der Waals surface area (Å²) in [5.74, 6) is 2.22. The molecule has 5 rings (SSSR count). The van der Waals surface area contributed by atoms with Crippen LogP contribution in [-0.2, 0) is 6.54 Å². The highest BCUT2D eigenvalue weighted by Gasteiger charge is 2.33. The fourth-order valence-electron chi connectivity index (χ4n) is 4.33. The van der Waals surface area contributed by atoms with Gasteiger partial charge in [-0.2, -0.15) is 5.10 Å². The van der Waals surface area contributed by atoms with Crippen molar-refractivity contribution < 1.29 is 4.74 Å². The summed E-state index contributed by atoms with van der Waals surface area (Å²) in [6, 6.07) is 9.66. The Morgan fingerprint density at radius 3 is 2.66 bits per heavy atom. The molecule has 8 nitrogen and oxygen atoms in total. The first-order valence-electron chi connectivity index (χ1n) is 11.6. The van der Waals surface area contributed by atoms with Gasteiger partial charge in [-0.25, -0.2) is 19.6 Å². The van der Waals surface area contributed by atoms with Gasteiger partial charge in [-0.15, -0.1) is 0 Å². The van der Waals surface area contributed by atoms with Gasteiger partial charge in [0.25, 0.3) is 0 Å². The maximum Gasteiger partial charge on any atom is 0.181 e. The molecule has 1 N–H and O–H groups in total. The quantitative estimate of drug-likeness (QED) is 0.306. The summed E-state index contributed by atoms with van der Waals surface area (Å²) in [5, 5.41) is 8.63. The molecule has 1 aliphatic rings. The van der Waals surface area contributed by atoms with Crippen molar-refractivity contribution in [3.05, 3.63) is 58.5 Å². The van der Waals surface area contributed by atoms with Crippen molar-refractivity contribution in [1.29, 1.82) is 0 Å². The lowest BCUT2D eigenvalue weighted by molar-refractivity contribution is 0.355. The highest BCUT2D eigenvalue weighted by atomic mass is 35.5. The summed E-state index contributed by atoms with van der Waals surface area (Å²) in [6.07, 6.45) is 5.70. The van der Waals surface area contributed by atoms with Crippen LogP contribution in [0.25, 0.3) is 11.2 Å². The molecule has 10 heteroatoms. The fraction of sp³-hybridized carbons (Fsp3) is 0.360. The van der Waals surface area contributed by atoms with Crippen LogP contribution in [0.4, 0.5) is 17.3 Å². The van der Waals surface area contributed by atoms with Gasteiger partial charge >= 0.3 is 0 Å². The number of fused-ring (bicyclic) bond motifs is 1. The van der Waals surface area contributed by atoms with Gasteiger partial charge in [-0.05, 0) is 42.0 Å². The Bertz CT molecular complexity index is 1360. The van der Waals surface area contributed by atoms with Crippen LogP contribution in [0, 0.1) is 5.41 Å². The van der Waals surface area contributed by atoms with E-state index in [1.54, 1.807) is 19.4 Å². The van der Waals surface area contributed by atoms with Gasteiger partial charge in [0.2, 0.25) is 0 Å². The Morgan fingerprint density at radius 2 is 1.94 bits per heavy atom. The second-order valence-electron chi connectivity index (χ2n) is 9.18. The maximum absolute atomic E-state index is 6.37. The third kappa shape index (κ3) is 4.73. The SMILES string of the molecule is CCC1(C)CCN(c2cnc3c(Nc4ccnc(Cl)c4Cl)nn(Cc4ccc(OC)cc4)c3n2)C1. The largest absolute Gasteiger partial charge is 0.497 e. The molecule has 0 bridgehead atoms. The molecule has 1 saturated heterocycles. The zero-order valence-corrected chi connectivity index (χ0v) is 21.4. The molecule has 0 radical (unpaired) electrons. The lowest BCUT2D eigenvalue weighted by atomic mass is 9.87. The summed E-state index contributed by atoms with van der Waals surface area (Å²) in [6.45, 7) is 7.03. The van der Waals surface area contributed by atoms with Crippen molar-refractivity contribution in [3.63, 3.8) is 0 Å². The van der Waals surface area contributed by atoms with Crippen LogP contribution in [0.15, 0.2) is 42.7 Å². The van der Waals surface area contributed by atoms with Crippen LogP contribution in [0.5, 0.6) is 5.75 Å². The van der Waals surface area contributed by atoms with E-state index in [9.17, 15) is 0 Å². The number of methoxy groups -OCH3 is 1. The first kappa shape index (κ1) is 23.6. The first-order valence-corrected chi connectivity index (χ1v) is 12.3. The third-order valence-electron chi connectivity index (χ3n) is 6.76. The van der Waals surface area contributed by atoms with Gasteiger partial charge < -0.3 is 15.0 Å². The van der Waals surface area contributed by atoms with Crippen LogP contribution < -0.4 is 15.0 Å². The van der Waals surface area contributed by atoms with Gasteiger partial charge in [0, 0.05) is 19.3 Å². The maximum atomic E-state index is 6.37. The van der Waals surface area contributed by atoms with Gasteiger partial charge in [0.05, 0.1) is 25.5 Å². The lowest BCUT2D eigenvalue weighted by Gasteiger charge is -2.23. The molecule has 1 aliphatic heterocycles. The minimum Gasteiger partial charge on any atom is -0.497 e. The summed E-state index contributed by atoms with van der Waals surface area (Å²) < 4.78 is 7.15. The van der Waals surface area contributed by atoms with Crippen molar-refractivity contribution in [3.8, 4) is 5.75 Å². The van der Waals surface area contributed by atoms with E-state index in [0.29, 0.717) is 39.7 Å². The first-order chi connectivity index (χ1) is 16.9. The number of anilines is 3. The van der Waals surface area contributed by atoms with E-state index in [4.69, 9.17) is 43.0 Å². The van der Waals surface area contributed by atoms with E-state index in [2.05, 4.69) is 29.0 Å². The molecule has 1 unspecified atom stereocenters. The van der Waals surface area contributed by atoms with Crippen LogP contribution in [0.3, 0.4) is 0 Å². The van der Waals surface area contributed by atoms with Gasteiger partial charge in [-0.3, -0.25) is 0 Å². The van der Waals surface area contributed by atoms with Crippen molar-refractivity contribution in [1.82, 2.24) is 24.7 Å². The number of pyridine rings is 1. The highest BCUT2D eigenvalue weighted by Crippen LogP contribution is 2.36. The van der Waals surface area contributed by atoms with E-state index in [-0.39, 0.29) is 5.15 Å². The third-order valence-corrected chi connectivity index (χ3v) is 7.52. The number of nitrogens with one attached hydrogen (secondary N) is 1. The minimum absolute atomic E-state index is 0.222.